The van der Waals surface area contributed by atoms with Gasteiger partial charge in [-0.25, -0.2) is 0 Å². The number of aliphatic hydroxyl groups is 1. The highest BCUT2D eigenvalue weighted by atomic mass is 16.7. The SMILES string of the molecule is CCCOC(COCCO)OCC. The van der Waals surface area contributed by atoms with Gasteiger partial charge in [-0.15, -0.1) is 0 Å². The lowest BCUT2D eigenvalue weighted by atomic mass is 10.5. The van der Waals surface area contributed by atoms with Crippen molar-refractivity contribution in [1.29, 1.82) is 0 Å². The lowest BCUT2D eigenvalue weighted by Crippen LogP contribution is -2.24. The molecule has 0 aliphatic rings. The summed E-state index contributed by atoms with van der Waals surface area (Å²) in [4.78, 5) is 0. The Hall–Kier alpha value is -0.160. The minimum absolute atomic E-state index is 0.0343. The van der Waals surface area contributed by atoms with Crippen molar-refractivity contribution < 1.29 is 19.3 Å². The fraction of sp³-hybridized carbons (Fsp3) is 1.00. The van der Waals surface area contributed by atoms with E-state index in [4.69, 9.17) is 19.3 Å². The molecule has 0 aromatic heterocycles. The van der Waals surface area contributed by atoms with E-state index in [9.17, 15) is 0 Å². The van der Waals surface area contributed by atoms with Crippen molar-refractivity contribution in [3.63, 3.8) is 0 Å². The standard InChI is InChI=1S/C9H20O4/c1-3-6-13-9(12-4-2)8-11-7-5-10/h9-10H,3-8H2,1-2H3. The second-order valence-corrected chi connectivity index (χ2v) is 2.55. The molecule has 0 heterocycles. The number of hydrogen-bond acceptors (Lipinski definition) is 4. The van der Waals surface area contributed by atoms with E-state index in [2.05, 4.69) is 0 Å². The highest BCUT2D eigenvalue weighted by molar-refractivity contribution is 4.42. The minimum Gasteiger partial charge on any atom is -0.394 e. The Morgan fingerprint density at radius 1 is 1.15 bits per heavy atom. The molecule has 0 aliphatic heterocycles. The second-order valence-electron chi connectivity index (χ2n) is 2.55. The smallest absolute Gasteiger partial charge is 0.180 e. The first-order chi connectivity index (χ1) is 6.35. The average molecular weight is 192 g/mol. The van der Waals surface area contributed by atoms with Gasteiger partial charge in [0.2, 0.25) is 0 Å². The van der Waals surface area contributed by atoms with Gasteiger partial charge in [-0.1, -0.05) is 6.92 Å². The summed E-state index contributed by atoms with van der Waals surface area (Å²) >= 11 is 0. The van der Waals surface area contributed by atoms with Gasteiger partial charge in [0, 0.05) is 13.2 Å². The van der Waals surface area contributed by atoms with Crippen LogP contribution in [0.3, 0.4) is 0 Å². The van der Waals surface area contributed by atoms with Crippen LogP contribution in [0, 0.1) is 0 Å². The van der Waals surface area contributed by atoms with Gasteiger partial charge in [-0.3, -0.25) is 0 Å². The molecular formula is C9H20O4. The Labute approximate surface area is 79.8 Å². The number of hydrogen-bond donors (Lipinski definition) is 1. The molecule has 0 radical (unpaired) electrons. The lowest BCUT2D eigenvalue weighted by Gasteiger charge is -2.17. The fourth-order valence-electron chi connectivity index (χ4n) is 0.824. The van der Waals surface area contributed by atoms with Gasteiger partial charge in [0.15, 0.2) is 6.29 Å². The molecular weight excluding hydrogens is 172 g/mol. The highest BCUT2D eigenvalue weighted by Gasteiger charge is 2.07. The van der Waals surface area contributed by atoms with Crippen LogP contribution in [0.2, 0.25) is 0 Å². The van der Waals surface area contributed by atoms with Crippen LogP contribution >= 0.6 is 0 Å². The van der Waals surface area contributed by atoms with Crippen LogP contribution in [0.5, 0.6) is 0 Å². The Balaban J connectivity index is 3.41. The number of ether oxygens (including phenoxy) is 3. The summed E-state index contributed by atoms with van der Waals surface area (Å²) in [5.74, 6) is 0. The van der Waals surface area contributed by atoms with E-state index in [1.165, 1.54) is 0 Å². The van der Waals surface area contributed by atoms with Crippen molar-refractivity contribution in [3.05, 3.63) is 0 Å². The van der Waals surface area contributed by atoms with Crippen molar-refractivity contribution in [2.45, 2.75) is 26.6 Å². The van der Waals surface area contributed by atoms with E-state index in [1.807, 2.05) is 13.8 Å². The number of rotatable bonds is 9. The third kappa shape index (κ3) is 8.18. The number of aliphatic hydroxyl groups excluding tert-OH is 1. The van der Waals surface area contributed by atoms with Gasteiger partial charge in [0.05, 0.1) is 19.8 Å². The first-order valence-electron chi connectivity index (χ1n) is 4.76. The van der Waals surface area contributed by atoms with Crippen LogP contribution < -0.4 is 0 Å². The molecule has 1 unspecified atom stereocenters. The van der Waals surface area contributed by atoms with E-state index in [0.717, 1.165) is 6.42 Å². The van der Waals surface area contributed by atoms with Gasteiger partial charge in [0.1, 0.15) is 0 Å². The van der Waals surface area contributed by atoms with Crippen LogP contribution in [0.1, 0.15) is 20.3 Å². The summed E-state index contributed by atoms with van der Waals surface area (Å²) in [6.07, 6.45) is 0.667. The predicted octanol–water partition coefficient (Wildman–Crippen LogP) is 0.784. The maximum Gasteiger partial charge on any atom is 0.180 e. The molecule has 1 N–H and O–H groups in total. The van der Waals surface area contributed by atoms with E-state index < -0.39 is 0 Å². The average Bonchev–Trinajstić information content (AvgIpc) is 2.14. The van der Waals surface area contributed by atoms with Gasteiger partial charge in [-0.05, 0) is 13.3 Å². The molecule has 80 valence electrons. The molecule has 1 atom stereocenters. The molecule has 0 rings (SSSR count). The van der Waals surface area contributed by atoms with Crippen molar-refractivity contribution in [1.82, 2.24) is 0 Å². The van der Waals surface area contributed by atoms with Crippen LogP contribution in [-0.2, 0) is 14.2 Å². The topological polar surface area (TPSA) is 47.9 Å². The maximum atomic E-state index is 8.48. The molecule has 0 aliphatic carbocycles. The molecule has 0 aromatic rings. The summed E-state index contributed by atoms with van der Waals surface area (Å²) in [6.45, 7) is 5.98. The van der Waals surface area contributed by atoms with Gasteiger partial charge >= 0.3 is 0 Å². The van der Waals surface area contributed by atoms with Crippen molar-refractivity contribution in [2.24, 2.45) is 0 Å². The molecule has 0 amide bonds. The van der Waals surface area contributed by atoms with E-state index >= 15 is 0 Å². The molecule has 4 nitrogen and oxygen atoms in total. The Bertz CT molecular complexity index is 97.6. The Morgan fingerprint density at radius 2 is 1.92 bits per heavy atom. The first kappa shape index (κ1) is 12.8. The summed E-state index contributed by atoms with van der Waals surface area (Å²) in [5.41, 5.74) is 0. The predicted molar refractivity (Wildman–Crippen MR) is 49.6 cm³/mol. The van der Waals surface area contributed by atoms with Crippen LogP contribution in [0.4, 0.5) is 0 Å². The monoisotopic (exact) mass is 192 g/mol. The van der Waals surface area contributed by atoms with Crippen molar-refractivity contribution >= 4 is 0 Å². The molecule has 4 heteroatoms. The molecule has 0 fully saturated rings. The zero-order valence-electron chi connectivity index (χ0n) is 8.49. The third-order valence-corrected chi connectivity index (χ3v) is 1.35. The van der Waals surface area contributed by atoms with Crippen molar-refractivity contribution in [3.8, 4) is 0 Å². The maximum absolute atomic E-state index is 8.48. The summed E-state index contributed by atoms with van der Waals surface area (Å²) in [5, 5.41) is 8.48. The largest absolute Gasteiger partial charge is 0.394 e. The summed E-state index contributed by atoms with van der Waals surface area (Å²) in [6, 6.07) is 0. The highest BCUT2D eigenvalue weighted by Crippen LogP contribution is 1.97. The lowest BCUT2D eigenvalue weighted by molar-refractivity contribution is -0.171. The van der Waals surface area contributed by atoms with Crippen LogP contribution in [-0.4, -0.2) is 44.4 Å². The Morgan fingerprint density at radius 3 is 2.46 bits per heavy atom. The Kier molecular flexibility index (Phi) is 9.80. The minimum atomic E-state index is -0.295. The summed E-state index contributed by atoms with van der Waals surface area (Å²) in [7, 11) is 0. The zero-order valence-corrected chi connectivity index (χ0v) is 8.49. The molecule has 0 spiro atoms. The molecule has 0 bridgehead atoms. The van der Waals surface area contributed by atoms with Crippen LogP contribution in [0.25, 0.3) is 0 Å². The fourth-order valence-corrected chi connectivity index (χ4v) is 0.824. The van der Waals surface area contributed by atoms with E-state index in [-0.39, 0.29) is 12.9 Å². The normalized spacial score (nSPS) is 13.2. The first-order valence-corrected chi connectivity index (χ1v) is 4.76. The zero-order chi connectivity index (χ0) is 9.94. The third-order valence-electron chi connectivity index (χ3n) is 1.35. The van der Waals surface area contributed by atoms with Crippen molar-refractivity contribution in [2.75, 3.05) is 33.0 Å². The quantitative estimate of drug-likeness (QED) is 0.433. The van der Waals surface area contributed by atoms with Crippen LogP contribution in [0.15, 0.2) is 0 Å². The van der Waals surface area contributed by atoms with E-state index in [0.29, 0.717) is 26.4 Å². The van der Waals surface area contributed by atoms with Gasteiger partial charge < -0.3 is 19.3 Å². The van der Waals surface area contributed by atoms with E-state index in [1.54, 1.807) is 0 Å². The van der Waals surface area contributed by atoms with Gasteiger partial charge in [-0.2, -0.15) is 0 Å². The molecule has 13 heavy (non-hydrogen) atoms. The van der Waals surface area contributed by atoms with Gasteiger partial charge in [0.25, 0.3) is 0 Å². The molecule has 0 saturated heterocycles. The summed E-state index contributed by atoms with van der Waals surface area (Å²) < 4.78 is 15.7. The molecule has 0 saturated carbocycles. The molecule has 0 aromatic carbocycles. The second kappa shape index (κ2) is 9.92.